The average Bonchev–Trinajstić information content (AvgIpc) is 3.32. The minimum Gasteiger partial charge on any atom is -0.468 e. The molecular weight excluding hydrogens is 542 g/mol. The molecule has 3 atom stereocenters. The molecule has 0 aliphatic carbocycles. The zero-order valence-corrected chi connectivity index (χ0v) is 25.4. The van der Waals surface area contributed by atoms with Crippen LogP contribution < -0.4 is 0 Å². The maximum Gasteiger partial charge on any atom is 0.407 e. The number of carbonyl (C=O) groups excluding carboxylic acids is 3. The Bertz CT molecular complexity index is 1310. The number of hydrogen-bond acceptors (Lipinski definition) is 7. The van der Waals surface area contributed by atoms with Gasteiger partial charge in [0.1, 0.15) is 6.54 Å². The molecule has 2 aliphatic rings. The third-order valence-electron chi connectivity index (χ3n) is 8.03. The molecule has 2 aliphatic heterocycles. The number of carboxylic acid groups (broad SMARTS) is 1. The van der Waals surface area contributed by atoms with Crippen molar-refractivity contribution in [1.29, 1.82) is 0 Å². The quantitative estimate of drug-likeness (QED) is 0.490. The van der Waals surface area contributed by atoms with Crippen LogP contribution in [0.15, 0.2) is 24.3 Å². The van der Waals surface area contributed by atoms with Gasteiger partial charge in [-0.1, -0.05) is 46.8 Å². The van der Waals surface area contributed by atoms with Crippen molar-refractivity contribution >= 4 is 34.9 Å². The Morgan fingerprint density at radius 2 is 1.81 bits per heavy atom. The van der Waals surface area contributed by atoms with E-state index in [4.69, 9.17) is 9.47 Å². The van der Waals surface area contributed by atoms with Crippen molar-refractivity contribution in [2.45, 2.75) is 59.7 Å². The molecule has 2 fully saturated rings. The van der Waals surface area contributed by atoms with Crippen molar-refractivity contribution in [3.8, 4) is 0 Å². The SMILES string of the molecule is COC(=O)Cn1c(C(=O)N(CC(C)C)[C@H]2C[C@@H](C(=O)N3CCOCC3)CN(C(=O)O)C2C(C)(C)C)nc2ccccc21. The van der Waals surface area contributed by atoms with Gasteiger partial charge in [0, 0.05) is 26.2 Å². The van der Waals surface area contributed by atoms with Crippen LogP contribution >= 0.6 is 0 Å². The van der Waals surface area contributed by atoms with Crippen LogP contribution in [0.1, 0.15) is 51.7 Å². The summed E-state index contributed by atoms with van der Waals surface area (Å²) < 4.78 is 11.9. The van der Waals surface area contributed by atoms with Gasteiger partial charge in [-0.3, -0.25) is 14.4 Å². The minimum atomic E-state index is -1.13. The molecule has 12 nitrogen and oxygen atoms in total. The zero-order chi connectivity index (χ0) is 30.8. The fourth-order valence-electron chi connectivity index (χ4n) is 6.30. The van der Waals surface area contributed by atoms with E-state index in [1.807, 2.05) is 34.6 Å². The third kappa shape index (κ3) is 6.53. The monoisotopic (exact) mass is 585 g/mol. The number of methoxy groups -OCH3 is 1. The van der Waals surface area contributed by atoms with Gasteiger partial charge in [0.2, 0.25) is 11.7 Å². The summed E-state index contributed by atoms with van der Waals surface area (Å²) in [6.07, 6.45) is -0.827. The van der Waals surface area contributed by atoms with Crippen molar-refractivity contribution in [2.75, 3.05) is 46.5 Å². The number of aromatic nitrogens is 2. The summed E-state index contributed by atoms with van der Waals surface area (Å²) in [6.45, 7) is 11.7. The Kier molecular flexibility index (Phi) is 9.44. The van der Waals surface area contributed by atoms with Gasteiger partial charge in [-0.25, -0.2) is 9.78 Å². The van der Waals surface area contributed by atoms with Crippen LogP contribution in [0.3, 0.4) is 0 Å². The highest BCUT2D eigenvalue weighted by atomic mass is 16.5. The van der Waals surface area contributed by atoms with Crippen LogP contribution in [0.25, 0.3) is 11.0 Å². The van der Waals surface area contributed by atoms with E-state index in [1.165, 1.54) is 12.0 Å². The summed E-state index contributed by atoms with van der Waals surface area (Å²) in [5.41, 5.74) is 0.606. The lowest BCUT2D eigenvalue weighted by Crippen LogP contribution is -2.66. The summed E-state index contributed by atoms with van der Waals surface area (Å²) in [5, 5.41) is 10.4. The van der Waals surface area contributed by atoms with E-state index < -0.39 is 41.4 Å². The van der Waals surface area contributed by atoms with Crippen LogP contribution in [0.4, 0.5) is 4.79 Å². The Morgan fingerprint density at radius 1 is 1.14 bits per heavy atom. The molecule has 0 radical (unpaired) electrons. The lowest BCUT2D eigenvalue weighted by molar-refractivity contribution is -0.144. The molecule has 4 rings (SSSR count). The van der Waals surface area contributed by atoms with E-state index in [0.29, 0.717) is 50.3 Å². The molecule has 2 saturated heterocycles. The van der Waals surface area contributed by atoms with E-state index in [0.717, 1.165) is 0 Å². The van der Waals surface area contributed by atoms with Gasteiger partial charge in [0.05, 0.1) is 49.4 Å². The Hall–Kier alpha value is -3.67. The summed E-state index contributed by atoms with van der Waals surface area (Å²) in [6, 6.07) is 5.96. The summed E-state index contributed by atoms with van der Waals surface area (Å²) in [4.78, 5) is 62.8. The number of esters is 1. The van der Waals surface area contributed by atoms with Gasteiger partial charge >= 0.3 is 12.1 Å². The number of imidazole rings is 1. The average molecular weight is 586 g/mol. The number of rotatable bonds is 7. The number of amides is 3. The molecule has 3 heterocycles. The Morgan fingerprint density at radius 3 is 2.40 bits per heavy atom. The second-order valence-electron chi connectivity index (χ2n) is 12.6. The second-order valence-corrected chi connectivity index (χ2v) is 12.6. The summed E-state index contributed by atoms with van der Waals surface area (Å²) in [7, 11) is 1.29. The van der Waals surface area contributed by atoms with E-state index in [2.05, 4.69) is 4.98 Å². The second kappa shape index (κ2) is 12.7. The number of piperidine rings is 1. The number of para-hydroxylation sites is 2. The van der Waals surface area contributed by atoms with Gasteiger partial charge in [-0.15, -0.1) is 0 Å². The highest BCUT2D eigenvalue weighted by molar-refractivity contribution is 5.96. The van der Waals surface area contributed by atoms with Crippen LogP contribution in [0, 0.1) is 17.3 Å². The number of morpholine rings is 1. The minimum absolute atomic E-state index is 0.0293. The number of carbonyl (C=O) groups is 4. The number of nitrogens with zero attached hydrogens (tertiary/aromatic N) is 5. The first-order chi connectivity index (χ1) is 19.8. The number of benzene rings is 1. The van der Waals surface area contributed by atoms with Gasteiger partial charge in [-0.2, -0.15) is 0 Å². The largest absolute Gasteiger partial charge is 0.468 e. The molecule has 0 bridgehead atoms. The molecule has 1 N–H and O–H groups in total. The van der Waals surface area contributed by atoms with Crippen molar-refractivity contribution in [3.63, 3.8) is 0 Å². The van der Waals surface area contributed by atoms with Crippen LogP contribution in [0.2, 0.25) is 0 Å². The van der Waals surface area contributed by atoms with Crippen molar-refractivity contribution in [3.05, 3.63) is 30.1 Å². The molecule has 3 amide bonds. The molecule has 0 saturated carbocycles. The Balaban J connectivity index is 1.82. The number of ether oxygens (including phenoxy) is 2. The summed E-state index contributed by atoms with van der Waals surface area (Å²) in [5.74, 6) is -1.61. The number of likely N-dealkylation sites (tertiary alicyclic amines) is 1. The van der Waals surface area contributed by atoms with Gasteiger partial charge < -0.3 is 33.8 Å². The van der Waals surface area contributed by atoms with E-state index in [1.54, 1.807) is 38.6 Å². The van der Waals surface area contributed by atoms with Crippen LogP contribution in [0.5, 0.6) is 0 Å². The predicted octanol–water partition coefficient (Wildman–Crippen LogP) is 2.95. The van der Waals surface area contributed by atoms with Crippen molar-refractivity contribution in [2.24, 2.45) is 17.3 Å². The third-order valence-corrected chi connectivity index (χ3v) is 8.03. The normalized spacial score (nSPS) is 21.5. The maximum atomic E-state index is 14.6. The molecule has 0 spiro atoms. The number of hydrogen-bond donors (Lipinski definition) is 1. The predicted molar refractivity (Wildman–Crippen MR) is 155 cm³/mol. The molecule has 1 aromatic heterocycles. The van der Waals surface area contributed by atoms with Gasteiger partial charge in [0.25, 0.3) is 5.91 Å². The van der Waals surface area contributed by atoms with Gasteiger partial charge in [0.15, 0.2) is 0 Å². The summed E-state index contributed by atoms with van der Waals surface area (Å²) >= 11 is 0. The molecule has 230 valence electrons. The van der Waals surface area contributed by atoms with Gasteiger partial charge in [-0.05, 0) is 29.9 Å². The molecular formula is C30H43N5O7. The highest BCUT2D eigenvalue weighted by Gasteiger charge is 2.50. The van der Waals surface area contributed by atoms with Crippen molar-refractivity contribution in [1.82, 2.24) is 24.3 Å². The van der Waals surface area contributed by atoms with E-state index in [-0.39, 0.29) is 30.7 Å². The number of fused-ring (bicyclic) bond motifs is 1. The fourth-order valence-corrected chi connectivity index (χ4v) is 6.30. The molecule has 1 unspecified atom stereocenters. The standard InChI is InChI=1S/C30H43N5O7/c1-19(2)16-34(28(38)26-31-21-9-7-8-10-22(21)33(26)18-24(36)41-6)23-15-20(27(37)32-11-13-42-14-12-32)17-35(29(39)40)25(23)30(3,4)5/h7-10,19-20,23,25H,11-18H2,1-6H3,(H,39,40)/t20-,23+,25?/m1/s1. The van der Waals surface area contributed by atoms with E-state index in [9.17, 15) is 24.3 Å². The topological polar surface area (TPSA) is 135 Å². The lowest BCUT2D eigenvalue weighted by atomic mass is 9.74. The molecule has 2 aromatic rings. The smallest absolute Gasteiger partial charge is 0.407 e. The van der Waals surface area contributed by atoms with Crippen LogP contribution in [-0.2, 0) is 25.6 Å². The van der Waals surface area contributed by atoms with E-state index >= 15 is 0 Å². The lowest BCUT2D eigenvalue weighted by Gasteiger charge is -2.52. The first-order valence-corrected chi connectivity index (χ1v) is 14.5. The highest BCUT2D eigenvalue weighted by Crippen LogP contribution is 2.38. The first-order valence-electron chi connectivity index (χ1n) is 14.5. The zero-order valence-electron chi connectivity index (χ0n) is 25.4. The molecule has 1 aromatic carbocycles. The Labute approximate surface area is 246 Å². The molecule has 12 heteroatoms. The van der Waals surface area contributed by atoms with Crippen LogP contribution in [-0.4, -0.2) is 112 Å². The maximum absolute atomic E-state index is 14.6. The van der Waals surface area contributed by atoms with Crippen molar-refractivity contribution < 1.29 is 33.8 Å². The fraction of sp³-hybridized carbons (Fsp3) is 0.633. The first kappa shape index (κ1) is 31.3. The molecule has 42 heavy (non-hydrogen) atoms.